The largest absolute Gasteiger partial charge is 0.508 e. The average molecular weight is 765 g/mol. The van der Waals surface area contributed by atoms with E-state index in [0.29, 0.717) is 16.2 Å². The number of likely N-dealkylation sites (tertiary alicyclic amines) is 1. The molecule has 0 aromatic heterocycles. The summed E-state index contributed by atoms with van der Waals surface area (Å²) in [5.74, 6) is -7.73. The Kier molecular flexibility index (Phi) is 8.49. The molecule has 0 unspecified atom stereocenters. The summed E-state index contributed by atoms with van der Waals surface area (Å²) in [4.78, 5) is 77.1. The van der Waals surface area contributed by atoms with E-state index in [-0.39, 0.29) is 42.1 Å². The molecular formula is C36H31Cl2N5O10. The minimum Gasteiger partial charge on any atom is -0.508 e. The van der Waals surface area contributed by atoms with Crippen molar-refractivity contribution in [3.05, 3.63) is 104 Å². The van der Waals surface area contributed by atoms with Gasteiger partial charge in [0, 0.05) is 50.8 Å². The molecule has 0 bridgehead atoms. The molecule has 7 rings (SSSR count). The lowest BCUT2D eigenvalue weighted by Crippen LogP contribution is -2.60. The Morgan fingerprint density at radius 3 is 2.15 bits per heavy atom. The van der Waals surface area contributed by atoms with Crippen LogP contribution in [0.5, 0.6) is 11.5 Å². The maximum Gasteiger partial charge on any atom is 0.301 e. The highest BCUT2D eigenvalue weighted by Crippen LogP contribution is 2.66. The molecule has 6 atom stereocenters. The van der Waals surface area contributed by atoms with Gasteiger partial charge in [-0.25, -0.2) is 4.90 Å². The van der Waals surface area contributed by atoms with E-state index in [9.17, 15) is 44.5 Å². The smallest absolute Gasteiger partial charge is 0.301 e. The van der Waals surface area contributed by atoms with Crippen LogP contribution in [0.3, 0.4) is 0 Å². The van der Waals surface area contributed by atoms with E-state index >= 15 is 0 Å². The van der Waals surface area contributed by atoms with Crippen molar-refractivity contribution in [2.24, 2.45) is 17.8 Å². The first-order chi connectivity index (χ1) is 25.0. The Hall–Kier alpha value is -5.54. The third-order valence-corrected chi connectivity index (χ3v) is 12.1. The van der Waals surface area contributed by atoms with Crippen molar-refractivity contribution in [1.82, 2.24) is 4.90 Å². The highest BCUT2D eigenvalue weighted by Gasteiger charge is 2.76. The Morgan fingerprint density at radius 1 is 0.925 bits per heavy atom. The van der Waals surface area contributed by atoms with E-state index < -0.39 is 78.3 Å². The lowest BCUT2D eigenvalue weighted by molar-refractivity contribution is -0.392. The van der Waals surface area contributed by atoms with Gasteiger partial charge in [-0.1, -0.05) is 48.0 Å². The Labute approximate surface area is 311 Å². The number of anilines is 2. The average Bonchev–Trinajstić information content (AvgIpc) is 3.45. The van der Waals surface area contributed by atoms with Crippen molar-refractivity contribution in [3.8, 4) is 11.5 Å². The van der Waals surface area contributed by atoms with Gasteiger partial charge in [-0.3, -0.25) is 44.3 Å². The van der Waals surface area contributed by atoms with Crippen molar-refractivity contribution in [2.75, 3.05) is 30.9 Å². The van der Waals surface area contributed by atoms with E-state index in [1.807, 2.05) is 30.3 Å². The summed E-state index contributed by atoms with van der Waals surface area (Å²) in [6, 6.07) is 15.6. The number of carbonyl (C=O) groups excluding carboxylic acids is 4. The summed E-state index contributed by atoms with van der Waals surface area (Å²) in [6.07, 6.45) is 1.26. The number of ether oxygens (including phenoxy) is 1. The van der Waals surface area contributed by atoms with Crippen LogP contribution in [-0.2, 0) is 25.8 Å². The fourth-order valence-corrected chi connectivity index (χ4v) is 9.41. The Bertz CT molecular complexity index is 2140. The van der Waals surface area contributed by atoms with E-state index in [1.165, 1.54) is 38.2 Å². The molecule has 17 heteroatoms. The van der Waals surface area contributed by atoms with Crippen molar-refractivity contribution >= 4 is 69.6 Å². The number of alkyl halides is 2. The molecule has 3 aromatic carbocycles. The van der Waals surface area contributed by atoms with Crippen LogP contribution in [-0.4, -0.2) is 74.4 Å². The molecule has 2 heterocycles. The zero-order valence-electron chi connectivity index (χ0n) is 28.4. The number of hydrogen-bond acceptors (Lipinski definition) is 11. The number of aromatic hydroxyl groups is 1. The van der Waals surface area contributed by atoms with Gasteiger partial charge in [-0.2, -0.15) is 0 Å². The number of phenols is 1. The second-order valence-electron chi connectivity index (χ2n) is 13.7. The molecule has 274 valence electrons. The first-order valence-corrected chi connectivity index (χ1v) is 17.2. The summed E-state index contributed by atoms with van der Waals surface area (Å²) in [7, 11) is 4.01. The predicted octanol–water partition coefficient (Wildman–Crippen LogP) is 5.05. The standard InChI is InChI=1S/C36H31Cl2N5O10/c1-39(2)30-25(42(49)50)13-19(14-26(30)43(51)52)41-31(45)23-12-11-21-24(28(23)32(41)46)16-35(37)33(47)40(3)34(48)36(35,38)29(21)22-10-9-20(15-27(22)44)53-17-18-7-5-4-6-8-18/h4-11,13-15,23-24,28-29,44H,12,16-17H2,1-3H3/t23-,24+,28-,29+,35+,36-/m0/s1. The van der Waals surface area contributed by atoms with Crippen LogP contribution in [0.15, 0.2) is 72.3 Å². The number of rotatable bonds is 8. The number of fused-ring (bicyclic) bond motifs is 4. The van der Waals surface area contributed by atoms with Crippen molar-refractivity contribution in [1.29, 1.82) is 0 Å². The monoisotopic (exact) mass is 763 g/mol. The number of hydrogen-bond donors (Lipinski definition) is 1. The maximum atomic E-state index is 14.4. The van der Waals surface area contributed by atoms with Crippen LogP contribution in [0, 0.1) is 38.0 Å². The predicted molar refractivity (Wildman–Crippen MR) is 191 cm³/mol. The third-order valence-electron chi connectivity index (χ3n) is 10.7. The second kappa shape index (κ2) is 12.6. The van der Waals surface area contributed by atoms with Crippen molar-refractivity contribution in [2.45, 2.75) is 35.1 Å². The summed E-state index contributed by atoms with van der Waals surface area (Å²) < 4.78 is 5.87. The number of carbonyl (C=O) groups is 4. The van der Waals surface area contributed by atoms with Crippen LogP contribution in [0.4, 0.5) is 22.7 Å². The lowest BCUT2D eigenvalue weighted by atomic mass is 9.56. The summed E-state index contributed by atoms with van der Waals surface area (Å²) in [6.45, 7) is 0.193. The number of allylic oxidation sites excluding steroid dienone is 2. The molecule has 4 amide bonds. The van der Waals surface area contributed by atoms with Gasteiger partial charge in [0.15, 0.2) is 15.4 Å². The van der Waals surface area contributed by atoms with Gasteiger partial charge < -0.3 is 14.7 Å². The number of nitro benzene ring substituents is 2. The van der Waals surface area contributed by atoms with Crippen LogP contribution in [0.1, 0.15) is 29.9 Å². The molecule has 3 fully saturated rings. The summed E-state index contributed by atoms with van der Waals surface area (Å²) in [5, 5.41) is 35.7. The SMILES string of the molecule is CN1C(=O)[C@]2(Cl)C[C@@H]3C(=CC[C@@H]4C(=O)N(c5cc([N+](=O)[O-])c(N(C)C)c([N+](=O)[O-])c5)C(=O)[C@@H]43)[C@H](c3ccc(OCc4ccccc4)cc3O)[C@]2(Cl)C1=O. The van der Waals surface area contributed by atoms with Crippen LogP contribution in [0.25, 0.3) is 0 Å². The topological polar surface area (TPSA) is 194 Å². The number of halogens is 2. The second-order valence-corrected chi connectivity index (χ2v) is 15.0. The highest BCUT2D eigenvalue weighted by molar-refractivity contribution is 6.53. The number of nitrogens with zero attached hydrogens (tertiary/aromatic N) is 5. The van der Waals surface area contributed by atoms with Gasteiger partial charge in [0.25, 0.3) is 11.8 Å². The number of nitro groups is 2. The minimum absolute atomic E-state index is 0.0483. The van der Waals surface area contributed by atoms with E-state index in [0.717, 1.165) is 22.6 Å². The van der Waals surface area contributed by atoms with Gasteiger partial charge in [0.05, 0.1) is 27.4 Å². The van der Waals surface area contributed by atoms with Gasteiger partial charge in [-0.15, -0.1) is 23.2 Å². The number of benzene rings is 3. The minimum atomic E-state index is -2.16. The summed E-state index contributed by atoms with van der Waals surface area (Å²) in [5.41, 5.74) is -0.681. The molecule has 53 heavy (non-hydrogen) atoms. The third kappa shape index (κ3) is 5.16. The van der Waals surface area contributed by atoms with Gasteiger partial charge in [0.1, 0.15) is 18.1 Å². The molecule has 2 aliphatic heterocycles. The molecule has 4 aliphatic rings. The fourth-order valence-electron chi connectivity index (χ4n) is 8.40. The Balaban J connectivity index is 1.32. The van der Waals surface area contributed by atoms with Crippen LogP contribution in [0.2, 0.25) is 0 Å². The van der Waals surface area contributed by atoms with Crippen LogP contribution < -0.4 is 14.5 Å². The highest BCUT2D eigenvalue weighted by atomic mass is 35.5. The van der Waals surface area contributed by atoms with E-state index in [1.54, 1.807) is 12.1 Å². The zero-order chi connectivity index (χ0) is 38.3. The van der Waals surface area contributed by atoms with Crippen LogP contribution >= 0.6 is 23.2 Å². The molecule has 1 N–H and O–H groups in total. The maximum absolute atomic E-state index is 14.4. The van der Waals surface area contributed by atoms with E-state index in [4.69, 9.17) is 27.9 Å². The molecule has 2 saturated heterocycles. The number of amides is 4. The van der Waals surface area contributed by atoms with Gasteiger partial charge in [-0.05, 0) is 30.4 Å². The van der Waals surface area contributed by atoms with E-state index in [2.05, 4.69) is 0 Å². The molecule has 15 nitrogen and oxygen atoms in total. The molecule has 0 radical (unpaired) electrons. The van der Waals surface area contributed by atoms with Crippen molar-refractivity contribution in [3.63, 3.8) is 0 Å². The van der Waals surface area contributed by atoms with Crippen molar-refractivity contribution < 1.29 is 38.9 Å². The molecule has 2 aliphatic carbocycles. The fraction of sp³-hybridized carbons (Fsp3) is 0.333. The lowest BCUT2D eigenvalue weighted by Gasteiger charge is -2.50. The number of imide groups is 2. The Morgan fingerprint density at radius 2 is 1.57 bits per heavy atom. The first kappa shape index (κ1) is 35.8. The van der Waals surface area contributed by atoms with Gasteiger partial charge in [0.2, 0.25) is 11.8 Å². The normalized spacial score (nSPS) is 27.6. The van der Waals surface area contributed by atoms with Gasteiger partial charge >= 0.3 is 11.4 Å². The molecule has 0 spiro atoms. The first-order valence-electron chi connectivity index (χ1n) is 16.4. The quantitative estimate of drug-likeness (QED) is 0.106. The summed E-state index contributed by atoms with van der Waals surface area (Å²) >= 11 is 14.4. The number of phenolic OH excluding ortho intramolecular Hbond substituents is 1. The zero-order valence-corrected chi connectivity index (χ0v) is 29.9. The molecular weight excluding hydrogens is 733 g/mol. The molecule has 1 saturated carbocycles. The molecule has 3 aromatic rings.